The molecular weight excluding hydrogens is 391 g/mol. The number of hydrogen-bond donors (Lipinski definition) is 2. The third-order valence-corrected chi connectivity index (χ3v) is 4.74. The van der Waals surface area contributed by atoms with Gasteiger partial charge in [-0.3, -0.25) is 10.1 Å². The van der Waals surface area contributed by atoms with E-state index in [1.165, 1.54) is 19.2 Å². The van der Waals surface area contributed by atoms with E-state index in [2.05, 4.69) is 24.5 Å². The fraction of sp³-hybridized carbons (Fsp3) is 0.263. The van der Waals surface area contributed by atoms with Crippen molar-refractivity contribution in [1.82, 2.24) is 5.32 Å². The number of rotatable bonds is 5. The van der Waals surface area contributed by atoms with Crippen molar-refractivity contribution in [2.24, 2.45) is 0 Å². The van der Waals surface area contributed by atoms with Crippen LogP contribution >= 0.6 is 35.4 Å². The summed E-state index contributed by atoms with van der Waals surface area (Å²) in [6, 6.07) is 10.9. The number of methoxy groups -OCH3 is 1. The molecule has 0 aliphatic rings. The Morgan fingerprint density at radius 2 is 1.96 bits per heavy atom. The average Bonchev–Trinajstić information content (AvgIpc) is 2.60. The Kier molecular flexibility index (Phi) is 7.26. The van der Waals surface area contributed by atoms with Crippen LogP contribution < -0.4 is 15.4 Å². The Bertz CT molecular complexity index is 827. The fourth-order valence-corrected chi connectivity index (χ4v) is 3.29. The third kappa shape index (κ3) is 4.87. The van der Waals surface area contributed by atoms with Crippen LogP contribution in [0.5, 0.6) is 5.75 Å². The molecule has 7 heteroatoms. The quantitative estimate of drug-likeness (QED) is 0.625. The summed E-state index contributed by atoms with van der Waals surface area (Å²) in [5.74, 6) is 0.158. The van der Waals surface area contributed by atoms with E-state index in [9.17, 15) is 4.79 Å². The molecule has 0 saturated carbocycles. The van der Waals surface area contributed by atoms with Gasteiger partial charge < -0.3 is 10.1 Å². The first kappa shape index (κ1) is 20.5. The summed E-state index contributed by atoms with van der Waals surface area (Å²) in [4.78, 5) is 12.6. The van der Waals surface area contributed by atoms with Crippen molar-refractivity contribution in [2.45, 2.75) is 26.2 Å². The highest BCUT2D eigenvalue weighted by Gasteiger charge is 2.18. The second kappa shape index (κ2) is 9.21. The van der Waals surface area contributed by atoms with E-state index in [-0.39, 0.29) is 21.4 Å². The maximum absolute atomic E-state index is 12.6. The molecule has 138 valence electrons. The Morgan fingerprint density at radius 1 is 1.27 bits per heavy atom. The Balaban J connectivity index is 2.18. The molecule has 1 atom stereocenters. The van der Waals surface area contributed by atoms with Gasteiger partial charge in [-0.15, -0.1) is 0 Å². The number of para-hydroxylation sites is 1. The molecule has 0 spiro atoms. The van der Waals surface area contributed by atoms with E-state index in [1.54, 1.807) is 0 Å². The van der Waals surface area contributed by atoms with Crippen LogP contribution in [0.2, 0.25) is 10.0 Å². The summed E-state index contributed by atoms with van der Waals surface area (Å²) >= 11 is 17.4. The second-order valence-electron chi connectivity index (χ2n) is 5.77. The van der Waals surface area contributed by atoms with Crippen molar-refractivity contribution in [2.75, 3.05) is 12.4 Å². The predicted molar refractivity (Wildman–Crippen MR) is 112 cm³/mol. The number of thiocarbonyl (C=S) groups is 1. The van der Waals surface area contributed by atoms with Crippen LogP contribution in [0.15, 0.2) is 36.4 Å². The van der Waals surface area contributed by atoms with Gasteiger partial charge >= 0.3 is 0 Å². The summed E-state index contributed by atoms with van der Waals surface area (Å²) < 4.78 is 5.20. The summed E-state index contributed by atoms with van der Waals surface area (Å²) in [5, 5.41) is 6.50. The van der Waals surface area contributed by atoms with E-state index >= 15 is 0 Å². The van der Waals surface area contributed by atoms with Crippen LogP contribution in [0.25, 0.3) is 0 Å². The molecule has 0 fully saturated rings. The molecular formula is C19H20Cl2N2O2S. The number of halogens is 2. The lowest BCUT2D eigenvalue weighted by molar-refractivity contribution is 0.0975. The lowest BCUT2D eigenvalue weighted by atomic mass is 9.97. The van der Waals surface area contributed by atoms with Crippen LogP contribution in [0.4, 0.5) is 5.69 Å². The zero-order chi connectivity index (χ0) is 19.3. The zero-order valence-electron chi connectivity index (χ0n) is 14.7. The van der Waals surface area contributed by atoms with Gasteiger partial charge in [0, 0.05) is 10.7 Å². The molecule has 2 aromatic rings. The van der Waals surface area contributed by atoms with E-state index in [0.717, 1.165) is 17.7 Å². The van der Waals surface area contributed by atoms with Crippen LogP contribution in [-0.4, -0.2) is 18.1 Å². The molecule has 0 aliphatic carbocycles. The molecule has 0 heterocycles. The van der Waals surface area contributed by atoms with Crippen LogP contribution in [-0.2, 0) is 0 Å². The smallest absolute Gasteiger partial charge is 0.261 e. The molecule has 2 aromatic carbocycles. The van der Waals surface area contributed by atoms with Gasteiger partial charge in [-0.05, 0) is 48.3 Å². The van der Waals surface area contributed by atoms with Crippen molar-refractivity contribution in [3.05, 3.63) is 57.6 Å². The van der Waals surface area contributed by atoms with E-state index in [1.807, 2.05) is 24.3 Å². The minimum absolute atomic E-state index is 0.184. The maximum Gasteiger partial charge on any atom is 0.261 e. The Morgan fingerprint density at radius 3 is 2.62 bits per heavy atom. The number of carbonyl (C=O) groups excluding carboxylic acids is 1. The molecule has 0 radical (unpaired) electrons. The second-order valence-corrected chi connectivity index (χ2v) is 7.03. The van der Waals surface area contributed by atoms with Gasteiger partial charge in [0.2, 0.25) is 0 Å². The molecule has 4 nitrogen and oxygen atoms in total. The van der Waals surface area contributed by atoms with Gasteiger partial charge in [-0.2, -0.15) is 0 Å². The van der Waals surface area contributed by atoms with Gasteiger partial charge in [0.25, 0.3) is 5.91 Å². The Hall–Kier alpha value is -1.82. The summed E-state index contributed by atoms with van der Waals surface area (Å²) in [7, 11) is 1.44. The molecule has 2 rings (SSSR count). The lowest BCUT2D eigenvalue weighted by Gasteiger charge is -2.17. The molecule has 0 bridgehead atoms. The standard InChI is InChI=1S/C19H20Cl2N2O2S/c1-4-11(2)13-7-5-6-8-16(13)22-19(26)23-18(24)14-9-12(20)10-15(21)17(14)25-3/h5-11H,4H2,1-3H3,(H2,22,23,24,26)/t11-/m1/s1. The van der Waals surface area contributed by atoms with E-state index < -0.39 is 5.91 Å². The van der Waals surface area contributed by atoms with Crippen molar-refractivity contribution in [1.29, 1.82) is 0 Å². The molecule has 1 amide bonds. The predicted octanol–water partition coefficient (Wildman–Crippen LogP) is 5.64. The van der Waals surface area contributed by atoms with Crippen LogP contribution in [0, 0.1) is 0 Å². The first-order valence-electron chi connectivity index (χ1n) is 8.11. The van der Waals surface area contributed by atoms with E-state index in [4.69, 9.17) is 40.2 Å². The van der Waals surface area contributed by atoms with Gasteiger partial charge in [-0.25, -0.2) is 0 Å². The van der Waals surface area contributed by atoms with Gasteiger partial charge in [-0.1, -0.05) is 55.2 Å². The molecule has 2 N–H and O–H groups in total. The average molecular weight is 411 g/mol. The molecule has 0 aromatic heterocycles. The number of nitrogens with one attached hydrogen (secondary N) is 2. The van der Waals surface area contributed by atoms with Crippen LogP contribution in [0.1, 0.15) is 42.1 Å². The summed E-state index contributed by atoms with van der Waals surface area (Å²) in [6.07, 6.45) is 0.996. The highest BCUT2D eigenvalue weighted by Crippen LogP contribution is 2.32. The van der Waals surface area contributed by atoms with E-state index in [0.29, 0.717) is 10.9 Å². The van der Waals surface area contributed by atoms with Gasteiger partial charge in [0.15, 0.2) is 5.11 Å². The third-order valence-electron chi connectivity index (χ3n) is 4.04. The minimum Gasteiger partial charge on any atom is -0.494 e. The molecule has 0 saturated heterocycles. The molecule has 0 aliphatic heterocycles. The normalized spacial score (nSPS) is 11.6. The largest absolute Gasteiger partial charge is 0.494 e. The zero-order valence-corrected chi connectivity index (χ0v) is 17.1. The Labute approximate surface area is 168 Å². The SMILES string of the molecule is CC[C@@H](C)c1ccccc1NC(=S)NC(=O)c1cc(Cl)cc(Cl)c1OC. The topological polar surface area (TPSA) is 50.4 Å². The molecule has 0 unspecified atom stereocenters. The highest BCUT2D eigenvalue weighted by molar-refractivity contribution is 7.80. The van der Waals surface area contributed by atoms with Crippen molar-refractivity contribution in [3.63, 3.8) is 0 Å². The lowest BCUT2D eigenvalue weighted by Crippen LogP contribution is -2.34. The van der Waals surface area contributed by atoms with Crippen molar-refractivity contribution >= 4 is 52.1 Å². The number of benzene rings is 2. The highest BCUT2D eigenvalue weighted by atomic mass is 35.5. The van der Waals surface area contributed by atoms with Crippen molar-refractivity contribution in [3.8, 4) is 5.75 Å². The monoisotopic (exact) mass is 410 g/mol. The fourth-order valence-electron chi connectivity index (χ4n) is 2.52. The number of anilines is 1. The first-order chi connectivity index (χ1) is 12.4. The van der Waals surface area contributed by atoms with Gasteiger partial charge in [0.1, 0.15) is 5.75 Å². The minimum atomic E-state index is -0.454. The molecule has 26 heavy (non-hydrogen) atoms. The summed E-state index contributed by atoms with van der Waals surface area (Å²) in [6.45, 7) is 4.26. The maximum atomic E-state index is 12.6. The first-order valence-corrected chi connectivity index (χ1v) is 9.28. The van der Waals surface area contributed by atoms with Crippen molar-refractivity contribution < 1.29 is 9.53 Å². The number of hydrogen-bond acceptors (Lipinski definition) is 3. The number of carbonyl (C=O) groups is 1. The number of ether oxygens (including phenoxy) is 1. The number of amides is 1. The van der Waals surface area contributed by atoms with Gasteiger partial charge in [0.05, 0.1) is 17.7 Å². The van der Waals surface area contributed by atoms with Crippen LogP contribution in [0.3, 0.4) is 0 Å². The summed E-state index contributed by atoms with van der Waals surface area (Å²) in [5.41, 5.74) is 2.21.